The Morgan fingerprint density at radius 1 is 0.857 bits per heavy atom. The van der Waals surface area contributed by atoms with E-state index in [1.807, 2.05) is 48.5 Å². The fourth-order valence-electron chi connectivity index (χ4n) is 3.99. The fraction of sp³-hybridized carbons (Fsp3) is 0.182. The number of rotatable bonds is 5. The van der Waals surface area contributed by atoms with Gasteiger partial charge in [-0.3, -0.25) is 10.1 Å². The number of nitrogens with zero attached hydrogens (tertiary/aromatic N) is 1. The van der Waals surface area contributed by atoms with Gasteiger partial charge in [-0.15, -0.1) is 0 Å². The maximum atomic E-state index is 13.0. The highest BCUT2D eigenvalue weighted by molar-refractivity contribution is 7.91. The van der Waals surface area contributed by atoms with Crippen molar-refractivity contribution in [3.63, 3.8) is 0 Å². The minimum absolute atomic E-state index is 0.0194. The summed E-state index contributed by atoms with van der Waals surface area (Å²) in [6.07, 6.45) is 0.648. The van der Waals surface area contributed by atoms with Gasteiger partial charge in [-0.2, -0.15) is 0 Å². The fourth-order valence-corrected chi connectivity index (χ4v) is 5.51. The minimum Gasteiger partial charge on any atom is -0.263 e. The number of hydrogen-bond donors (Lipinski definition) is 0. The molecule has 0 amide bonds. The van der Waals surface area contributed by atoms with Gasteiger partial charge in [-0.05, 0) is 40.8 Å². The maximum absolute atomic E-state index is 13.0. The van der Waals surface area contributed by atoms with Gasteiger partial charge in [0.2, 0.25) is 9.84 Å². The third-order valence-corrected chi connectivity index (χ3v) is 7.35. The quantitative estimate of drug-likeness (QED) is 0.481. The molecule has 0 radical (unpaired) electrons. The molecule has 0 heterocycles. The maximum Gasteiger partial charge on any atom is 0.315 e. The SMILES string of the molecule is O=[N+]([O-])C(CC1c2ccccc2Cc2ccccc21)S(=O)(=O)c1ccccc1. The largest absolute Gasteiger partial charge is 0.315 e. The molecule has 6 heteroatoms. The first kappa shape index (κ1) is 18.4. The number of hydrogen-bond acceptors (Lipinski definition) is 4. The van der Waals surface area contributed by atoms with Gasteiger partial charge in [0.1, 0.15) is 0 Å². The van der Waals surface area contributed by atoms with Crippen LogP contribution in [0.2, 0.25) is 0 Å². The van der Waals surface area contributed by atoms with Crippen molar-refractivity contribution in [3.8, 4) is 0 Å². The summed E-state index contributed by atoms with van der Waals surface area (Å²) in [5.74, 6) is -0.338. The molecule has 1 aliphatic carbocycles. The summed E-state index contributed by atoms with van der Waals surface area (Å²) in [7, 11) is -4.10. The normalized spacial score (nSPS) is 14.7. The molecule has 3 aromatic carbocycles. The molecule has 1 aliphatic rings. The summed E-state index contributed by atoms with van der Waals surface area (Å²) in [6, 6.07) is 23.2. The van der Waals surface area contributed by atoms with Crippen LogP contribution in [-0.2, 0) is 16.3 Å². The molecule has 1 atom stereocenters. The molecule has 3 aromatic rings. The number of nitro groups is 1. The van der Waals surface area contributed by atoms with Gasteiger partial charge in [0.15, 0.2) is 0 Å². The van der Waals surface area contributed by atoms with E-state index in [9.17, 15) is 18.5 Å². The zero-order valence-corrected chi connectivity index (χ0v) is 15.9. The Balaban J connectivity index is 1.80. The van der Waals surface area contributed by atoms with Gasteiger partial charge in [-0.25, -0.2) is 8.42 Å². The number of sulfone groups is 1. The van der Waals surface area contributed by atoms with Gasteiger partial charge < -0.3 is 0 Å². The first-order chi connectivity index (χ1) is 13.5. The molecule has 0 N–H and O–H groups in total. The van der Waals surface area contributed by atoms with Crippen LogP contribution >= 0.6 is 0 Å². The first-order valence-electron chi connectivity index (χ1n) is 9.06. The Hall–Kier alpha value is -2.99. The summed E-state index contributed by atoms with van der Waals surface area (Å²) in [4.78, 5) is 11.2. The summed E-state index contributed by atoms with van der Waals surface area (Å²) < 4.78 is 26.1. The second-order valence-corrected chi connectivity index (χ2v) is 9.07. The molecule has 0 fully saturated rings. The lowest BCUT2D eigenvalue weighted by Gasteiger charge is -2.29. The Labute approximate surface area is 163 Å². The van der Waals surface area contributed by atoms with Crippen LogP contribution in [0.3, 0.4) is 0 Å². The molecule has 4 rings (SSSR count). The van der Waals surface area contributed by atoms with Crippen molar-refractivity contribution in [1.29, 1.82) is 0 Å². The highest BCUT2D eigenvalue weighted by Crippen LogP contribution is 2.40. The van der Waals surface area contributed by atoms with Crippen LogP contribution < -0.4 is 0 Å². The molecular weight excluding hydrogens is 374 g/mol. The molecule has 142 valence electrons. The molecular formula is C22H19NO4S. The third-order valence-electron chi connectivity index (χ3n) is 5.34. The lowest BCUT2D eigenvalue weighted by atomic mass is 9.76. The second-order valence-electron chi connectivity index (χ2n) is 6.96. The van der Waals surface area contributed by atoms with E-state index in [0.717, 1.165) is 28.7 Å². The van der Waals surface area contributed by atoms with Gasteiger partial charge in [0.05, 0.1) is 4.90 Å². The van der Waals surface area contributed by atoms with Crippen LogP contribution in [0.25, 0.3) is 0 Å². The van der Waals surface area contributed by atoms with Gasteiger partial charge in [0, 0.05) is 17.3 Å². The molecule has 5 nitrogen and oxygen atoms in total. The van der Waals surface area contributed by atoms with E-state index in [-0.39, 0.29) is 17.2 Å². The summed E-state index contributed by atoms with van der Waals surface area (Å²) in [5.41, 5.74) is 4.11. The van der Waals surface area contributed by atoms with Crippen LogP contribution in [0.4, 0.5) is 0 Å². The van der Waals surface area contributed by atoms with Crippen molar-refractivity contribution in [3.05, 3.63) is 111 Å². The van der Waals surface area contributed by atoms with Crippen molar-refractivity contribution in [2.75, 3.05) is 0 Å². The van der Waals surface area contributed by atoms with Gasteiger partial charge >= 0.3 is 5.37 Å². The Morgan fingerprint density at radius 3 is 1.89 bits per heavy atom. The lowest BCUT2D eigenvalue weighted by molar-refractivity contribution is -0.498. The van der Waals surface area contributed by atoms with Crippen molar-refractivity contribution in [1.82, 2.24) is 0 Å². The average molecular weight is 393 g/mol. The summed E-state index contributed by atoms with van der Waals surface area (Å²) in [5, 5.41) is 10.1. The van der Waals surface area contributed by atoms with E-state index in [4.69, 9.17) is 0 Å². The van der Waals surface area contributed by atoms with E-state index in [1.54, 1.807) is 18.2 Å². The highest BCUT2D eigenvalue weighted by Gasteiger charge is 2.41. The lowest BCUT2D eigenvalue weighted by Crippen LogP contribution is -2.33. The average Bonchev–Trinajstić information content (AvgIpc) is 2.71. The van der Waals surface area contributed by atoms with Gasteiger partial charge in [-0.1, -0.05) is 66.7 Å². The Bertz CT molecular complexity index is 1080. The molecule has 0 bridgehead atoms. The molecule has 0 saturated heterocycles. The van der Waals surface area contributed by atoms with Crippen LogP contribution in [0.15, 0.2) is 83.8 Å². The third kappa shape index (κ3) is 3.20. The zero-order chi connectivity index (χ0) is 19.7. The molecule has 1 unspecified atom stereocenters. The van der Waals surface area contributed by atoms with Crippen molar-refractivity contribution < 1.29 is 13.3 Å². The molecule has 28 heavy (non-hydrogen) atoms. The van der Waals surface area contributed by atoms with E-state index in [1.165, 1.54) is 12.1 Å². The molecule has 0 aromatic heterocycles. The summed E-state index contributed by atoms with van der Waals surface area (Å²) in [6.45, 7) is 0. The van der Waals surface area contributed by atoms with E-state index < -0.39 is 20.1 Å². The smallest absolute Gasteiger partial charge is 0.263 e. The Morgan fingerprint density at radius 2 is 1.36 bits per heavy atom. The van der Waals surface area contributed by atoms with Crippen molar-refractivity contribution in [2.45, 2.75) is 29.0 Å². The van der Waals surface area contributed by atoms with Crippen molar-refractivity contribution in [2.24, 2.45) is 0 Å². The minimum atomic E-state index is -4.10. The number of benzene rings is 3. The predicted octanol–water partition coefficient (Wildman–Crippen LogP) is 4.19. The zero-order valence-electron chi connectivity index (χ0n) is 15.1. The van der Waals surface area contributed by atoms with Crippen LogP contribution in [0.1, 0.15) is 34.6 Å². The monoisotopic (exact) mass is 393 g/mol. The van der Waals surface area contributed by atoms with E-state index >= 15 is 0 Å². The van der Waals surface area contributed by atoms with Crippen LogP contribution in [-0.4, -0.2) is 18.7 Å². The topological polar surface area (TPSA) is 77.3 Å². The van der Waals surface area contributed by atoms with E-state index in [0.29, 0.717) is 0 Å². The van der Waals surface area contributed by atoms with Gasteiger partial charge in [0.25, 0.3) is 0 Å². The molecule has 0 aliphatic heterocycles. The molecule has 0 saturated carbocycles. The predicted molar refractivity (Wildman–Crippen MR) is 107 cm³/mol. The Kier molecular flexibility index (Phi) is 4.73. The number of fused-ring (bicyclic) bond motifs is 2. The van der Waals surface area contributed by atoms with Crippen molar-refractivity contribution >= 4 is 9.84 Å². The highest BCUT2D eigenvalue weighted by atomic mass is 32.2. The van der Waals surface area contributed by atoms with Crippen LogP contribution in [0, 0.1) is 10.1 Å². The first-order valence-corrected chi connectivity index (χ1v) is 10.6. The van der Waals surface area contributed by atoms with E-state index in [2.05, 4.69) is 0 Å². The molecule has 0 spiro atoms. The second kappa shape index (κ2) is 7.20. The van der Waals surface area contributed by atoms with Crippen LogP contribution in [0.5, 0.6) is 0 Å². The summed E-state index contributed by atoms with van der Waals surface area (Å²) >= 11 is 0. The standard InChI is InChI=1S/C22H19NO4S/c24-23(25)22(28(26,27)18-10-2-1-3-11-18)15-21-19-12-6-4-8-16(19)14-17-9-5-7-13-20(17)21/h1-13,21-22H,14-15H2.